The molecule has 0 amide bonds. The van der Waals surface area contributed by atoms with E-state index in [4.69, 9.17) is 5.73 Å². The molecule has 1 aliphatic rings. The van der Waals surface area contributed by atoms with Gasteiger partial charge in [0.25, 0.3) is 0 Å². The van der Waals surface area contributed by atoms with E-state index in [2.05, 4.69) is 7.05 Å². The van der Waals surface area contributed by atoms with Crippen LogP contribution in [-0.4, -0.2) is 31.3 Å². The summed E-state index contributed by atoms with van der Waals surface area (Å²) in [4.78, 5) is 0. The van der Waals surface area contributed by atoms with Crippen molar-refractivity contribution in [3.05, 3.63) is 0 Å². The molecule has 0 aromatic rings. The Morgan fingerprint density at radius 2 is 1.78 bits per heavy atom. The summed E-state index contributed by atoms with van der Waals surface area (Å²) in [5, 5.41) is 0. The van der Waals surface area contributed by atoms with Crippen molar-refractivity contribution in [1.29, 1.82) is 0 Å². The van der Waals surface area contributed by atoms with E-state index < -0.39 is 0 Å². The summed E-state index contributed by atoms with van der Waals surface area (Å²) in [7, 11) is 2.23. The molecule has 2 nitrogen and oxygen atoms in total. The van der Waals surface area contributed by atoms with E-state index in [0.29, 0.717) is 0 Å². The molecule has 1 heterocycles. The summed E-state index contributed by atoms with van der Waals surface area (Å²) in [6.45, 7) is 3.40. The zero-order valence-electron chi connectivity index (χ0n) is 5.94. The van der Waals surface area contributed by atoms with E-state index in [-0.39, 0.29) is 24.0 Å². The van der Waals surface area contributed by atoms with Crippen LogP contribution in [0.1, 0.15) is 12.8 Å². The summed E-state index contributed by atoms with van der Waals surface area (Å²) < 4.78 is 1.10. The molecule has 1 fully saturated rings. The maximum Gasteiger partial charge on any atom is 0.129 e. The zero-order chi connectivity index (χ0) is 6.04. The molecule has 56 valence electrons. The molecule has 1 saturated heterocycles. The first-order valence-electron chi connectivity index (χ1n) is 3.30. The summed E-state index contributed by atoms with van der Waals surface area (Å²) in [5.74, 6) is 0. The quantitative estimate of drug-likeness (QED) is 0.389. The van der Waals surface area contributed by atoms with Crippen LogP contribution < -0.4 is 29.7 Å². The van der Waals surface area contributed by atoms with Crippen molar-refractivity contribution in [2.45, 2.75) is 12.8 Å². The third-order valence-corrected chi connectivity index (χ3v) is 2.09. The highest BCUT2D eigenvalue weighted by atomic mass is 127. The van der Waals surface area contributed by atoms with Gasteiger partial charge in [-0.05, 0) is 0 Å². The SMILES string of the molecule is C[N+]1(CN)CCCC1.[I-]. The molecule has 0 bridgehead atoms. The van der Waals surface area contributed by atoms with E-state index in [1.165, 1.54) is 25.9 Å². The van der Waals surface area contributed by atoms with Gasteiger partial charge in [0.05, 0.1) is 20.1 Å². The topological polar surface area (TPSA) is 26.0 Å². The van der Waals surface area contributed by atoms with Crippen LogP contribution in [0.2, 0.25) is 0 Å². The molecule has 0 atom stereocenters. The standard InChI is InChI=1S/C6H15N2.HI/c1-8(6-7)4-2-3-5-8;/h2-7H2,1H3;1H/q+1;/p-1. The lowest BCUT2D eigenvalue weighted by Crippen LogP contribution is -3.00. The second-order valence-electron chi connectivity index (χ2n) is 2.96. The van der Waals surface area contributed by atoms with Crippen LogP contribution in [0.25, 0.3) is 0 Å². The van der Waals surface area contributed by atoms with Crippen molar-refractivity contribution >= 4 is 0 Å². The van der Waals surface area contributed by atoms with E-state index >= 15 is 0 Å². The number of hydrogen-bond donors (Lipinski definition) is 1. The maximum atomic E-state index is 5.54. The van der Waals surface area contributed by atoms with Crippen LogP contribution >= 0.6 is 0 Å². The average molecular weight is 242 g/mol. The van der Waals surface area contributed by atoms with Crippen LogP contribution in [0.4, 0.5) is 0 Å². The number of quaternary nitrogens is 1. The predicted octanol–water partition coefficient (Wildman–Crippen LogP) is -2.85. The third kappa shape index (κ3) is 2.39. The second-order valence-corrected chi connectivity index (χ2v) is 2.96. The fourth-order valence-electron chi connectivity index (χ4n) is 1.28. The molecule has 0 aromatic carbocycles. The van der Waals surface area contributed by atoms with Gasteiger partial charge in [0.15, 0.2) is 0 Å². The van der Waals surface area contributed by atoms with Crippen LogP contribution in [0.15, 0.2) is 0 Å². The molecule has 0 unspecified atom stereocenters. The van der Waals surface area contributed by atoms with Gasteiger partial charge in [0.2, 0.25) is 0 Å². The fraction of sp³-hybridized carbons (Fsp3) is 1.00. The van der Waals surface area contributed by atoms with Crippen LogP contribution in [-0.2, 0) is 0 Å². The van der Waals surface area contributed by atoms with Crippen molar-refractivity contribution in [1.82, 2.24) is 0 Å². The Hall–Kier alpha value is 0.650. The summed E-state index contributed by atoms with van der Waals surface area (Å²) in [6, 6.07) is 0. The highest BCUT2D eigenvalue weighted by molar-refractivity contribution is 4.48. The highest BCUT2D eigenvalue weighted by Crippen LogP contribution is 2.13. The van der Waals surface area contributed by atoms with E-state index in [0.717, 1.165) is 11.2 Å². The van der Waals surface area contributed by atoms with Gasteiger partial charge in [-0.1, -0.05) is 0 Å². The Morgan fingerprint density at radius 3 is 2.00 bits per heavy atom. The molecule has 0 radical (unpaired) electrons. The van der Waals surface area contributed by atoms with Gasteiger partial charge in [-0.25, -0.2) is 0 Å². The average Bonchev–Trinajstić information content (AvgIpc) is 2.17. The van der Waals surface area contributed by atoms with Gasteiger partial charge in [-0.15, -0.1) is 0 Å². The molecule has 0 aliphatic carbocycles. The second kappa shape index (κ2) is 3.73. The van der Waals surface area contributed by atoms with Gasteiger partial charge in [-0.3, -0.25) is 5.73 Å². The number of nitrogens with two attached hydrogens (primary N) is 1. The van der Waals surface area contributed by atoms with Gasteiger partial charge in [0.1, 0.15) is 6.67 Å². The first-order chi connectivity index (χ1) is 3.77. The van der Waals surface area contributed by atoms with Crippen molar-refractivity contribution in [3.8, 4) is 0 Å². The lowest BCUT2D eigenvalue weighted by molar-refractivity contribution is -0.897. The minimum Gasteiger partial charge on any atom is -1.00 e. The molecule has 1 rings (SSSR count). The minimum atomic E-state index is 0. The van der Waals surface area contributed by atoms with Crippen LogP contribution in [0.3, 0.4) is 0 Å². The first-order valence-corrected chi connectivity index (χ1v) is 3.30. The van der Waals surface area contributed by atoms with Gasteiger partial charge < -0.3 is 28.5 Å². The molecular weight excluding hydrogens is 227 g/mol. The normalized spacial score (nSPS) is 23.3. The van der Waals surface area contributed by atoms with Crippen LogP contribution in [0, 0.1) is 0 Å². The molecule has 3 heteroatoms. The monoisotopic (exact) mass is 242 g/mol. The molecule has 0 spiro atoms. The summed E-state index contributed by atoms with van der Waals surface area (Å²) in [6.07, 6.45) is 2.74. The first kappa shape index (κ1) is 9.65. The maximum absolute atomic E-state index is 5.54. The van der Waals surface area contributed by atoms with E-state index in [1.807, 2.05) is 0 Å². The van der Waals surface area contributed by atoms with Crippen molar-refractivity contribution < 1.29 is 28.5 Å². The molecule has 2 N–H and O–H groups in total. The van der Waals surface area contributed by atoms with Gasteiger partial charge >= 0.3 is 0 Å². The predicted molar refractivity (Wildman–Crippen MR) is 34.2 cm³/mol. The Labute approximate surface area is 74.0 Å². The Bertz CT molecular complexity index is 79.1. The Morgan fingerprint density at radius 1 is 1.33 bits per heavy atom. The van der Waals surface area contributed by atoms with Gasteiger partial charge in [0, 0.05) is 12.8 Å². The number of nitrogens with zero attached hydrogens (tertiary/aromatic N) is 1. The van der Waals surface area contributed by atoms with E-state index in [9.17, 15) is 0 Å². The smallest absolute Gasteiger partial charge is 0.129 e. The van der Waals surface area contributed by atoms with Crippen LogP contribution in [0.5, 0.6) is 0 Å². The fourth-order valence-corrected chi connectivity index (χ4v) is 1.28. The van der Waals surface area contributed by atoms with Crippen molar-refractivity contribution in [3.63, 3.8) is 0 Å². The lowest BCUT2D eigenvalue weighted by atomic mass is 10.4. The molecular formula is C6H15IN2. The molecule has 0 saturated carbocycles. The van der Waals surface area contributed by atoms with Crippen molar-refractivity contribution in [2.75, 3.05) is 26.8 Å². The number of rotatable bonds is 1. The number of likely N-dealkylation sites (tertiary alicyclic amines) is 1. The lowest BCUT2D eigenvalue weighted by Gasteiger charge is -2.26. The van der Waals surface area contributed by atoms with E-state index in [1.54, 1.807) is 0 Å². The summed E-state index contributed by atoms with van der Waals surface area (Å²) in [5.41, 5.74) is 5.54. The largest absolute Gasteiger partial charge is 1.00 e. The molecule has 9 heavy (non-hydrogen) atoms. The zero-order valence-corrected chi connectivity index (χ0v) is 8.10. The summed E-state index contributed by atoms with van der Waals surface area (Å²) >= 11 is 0. The van der Waals surface area contributed by atoms with Gasteiger partial charge in [-0.2, -0.15) is 0 Å². The third-order valence-electron chi connectivity index (χ3n) is 2.09. The highest BCUT2D eigenvalue weighted by Gasteiger charge is 2.23. The number of hydrogen-bond acceptors (Lipinski definition) is 1. The Kier molecular flexibility index (Phi) is 4.00. The molecule has 0 aromatic heterocycles. The minimum absolute atomic E-state index is 0. The Balaban J connectivity index is 0.000000640. The molecule has 1 aliphatic heterocycles. The van der Waals surface area contributed by atoms with Crippen molar-refractivity contribution in [2.24, 2.45) is 5.73 Å². The number of halogens is 1.